The van der Waals surface area contributed by atoms with E-state index in [1.54, 1.807) is 32.9 Å². The molecule has 2 aromatic heterocycles. The SMILES string of the molecule is Cc1ccc(-c2c(C(=O)O)c(C)nc(C)c2C(=O)Nc2c(C)cccc2C)o1. The van der Waals surface area contributed by atoms with Crippen molar-refractivity contribution in [3.8, 4) is 11.3 Å². The quantitative estimate of drug-likeness (QED) is 0.678. The number of hydrogen-bond acceptors (Lipinski definition) is 4. The highest BCUT2D eigenvalue weighted by Gasteiger charge is 2.28. The number of amides is 1. The molecule has 0 aliphatic heterocycles. The maximum absolute atomic E-state index is 13.2. The van der Waals surface area contributed by atoms with Gasteiger partial charge in [0.05, 0.1) is 22.5 Å². The van der Waals surface area contributed by atoms with Gasteiger partial charge in [0.25, 0.3) is 5.91 Å². The molecule has 0 aliphatic carbocycles. The minimum atomic E-state index is -1.16. The van der Waals surface area contributed by atoms with Crippen LogP contribution in [0.5, 0.6) is 0 Å². The molecule has 0 saturated carbocycles. The number of benzene rings is 1. The van der Waals surface area contributed by atoms with Crippen LogP contribution in [0.4, 0.5) is 5.69 Å². The summed E-state index contributed by atoms with van der Waals surface area (Å²) in [6, 6.07) is 9.13. The molecule has 144 valence electrons. The highest BCUT2D eigenvalue weighted by Crippen LogP contribution is 2.33. The first kappa shape index (κ1) is 19.4. The summed E-state index contributed by atoms with van der Waals surface area (Å²) in [6.45, 7) is 8.88. The van der Waals surface area contributed by atoms with Crippen molar-refractivity contribution in [1.82, 2.24) is 4.98 Å². The van der Waals surface area contributed by atoms with Crippen LogP contribution in [-0.2, 0) is 0 Å². The Balaban J connectivity index is 2.24. The molecular formula is C22H22N2O4. The number of furan rings is 1. The van der Waals surface area contributed by atoms with E-state index in [0.717, 1.165) is 11.1 Å². The van der Waals surface area contributed by atoms with Crippen molar-refractivity contribution in [3.05, 3.63) is 69.7 Å². The number of nitrogens with one attached hydrogen (secondary N) is 1. The summed E-state index contributed by atoms with van der Waals surface area (Å²) in [5.41, 5.74) is 3.71. The van der Waals surface area contributed by atoms with Crippen molar-refractivity contribution in [2.45, 2.75) is 34.6 Å². The van der Waals surface area contributed by atoms with Crippen LogP contribution in [0, 0.1) is 34.6 Å². The van der Waals surface area contributed by atoms with Gasteiger partial charge in [-0.1, -0.05) is 18.2 Å². The maximum atomic E-state index is 13.2. The van der Waals surface area contributed by atoms with Gasteiger partial charge in [0.1, 0.15) is 11.5 Å². The summed E-state index contributed by atoms with van der Waals surface area (Å²) in [5, 5.41) is 12.7. The van der Waals surface area contributed by atoms with Gasteiger partial charge in [-0.15, -0.1) is 0 Å². The van der Waals surface area contributed by atoms with Crippen LogP contribution in [-0.4, -0.2) is 22.0 Å². The Morgan fingerprint density at radius 2 is 1.54 bits per heavy atom. The molecule has 6 heteroatoms. The Labute approximate surface area is 163 Å². The van der Waals surface area contributed by atoms with Crippen molar-refractivity contribution >= 4 is 17.6 Å². The highest BCUT2D eigenvalue weighted by atomic mass is 16.4. The van der Waals surface area contributed by atoms with E-state index in [9.17, 15) is 14.7 Å². The smallest absolute Gasteiger partial charge is 0.338 e. The van der Waals surface area contributed by atoms with Gasteiger partial charge < -0.3 is 14.8 Å². The van der Waals surface area contributed by atoms with Crippen LogP contribution < -0.4 is 5.32 Å². The van der Waals surface area contributed by atoms with Crippen molar-refractivity contribution in [2.75, 3.05) is 5.32 Å². The third-order valence-electron chi connectivity index (χ3n) is 4.71. The molecule has 2 heterocycles. The van der Waals surface area contributed by atoms with E-state index >= 15 is 0 Å². The molecule has 2 N–H and O–H groups in total. The molecule has 0 bridgehead atoms. The number of rotatable bonds is 4. The van der Waals surface area contributed by atoms with Gasteiger partial charge in [-0.25, -0.2) is 4.79 Å². The van der Waals surface area contributed by atoms with Gasteiger partial charge in [-0.3, -0.25) is 9.78 Å². The molecule has 0 spiro atoms. The summed E-state index contributed by atoms with van der Waals surface area (Å²) < 4.78 is 5.69. The summed E-state index contributed by atoms with van der Waals surface area (Å²) in [4.78, 5) is 29.5. The first-order valence-corrected chi connectivity index (χ1v) is 8.89. The maximum Gasteiger partial charge on any atom is 0.338 e. The van der Waals surface area contributed by atoms with Gasteiger partial charge in [-0.05, 0) is 57.9 Å². The Hall–Kier alpha value is -3.41. The van der Waals surface area contributed by atoms with Gasteiger partial charge >= 0.3 is 5.97 Å². The Kier molecular flexibility index (Phi) is 5.05. The van der Waals surface area contributed by atoms with Gasteiger partial charge in [0, 0.05) is 11.3 Å². The fraction of sp³-hybridized carbons (Fsp3) is 0.227. The second-order valence-electron chi connectivity index (χ2n) is 6.84. The number of anilines is 1. The van der Waals surface area contributed by atoms with E-state index in [1.807, 2.05) is 32.0 Å². The standard InChI is InChI=1S/C22H22N2O4/c1-11-7-6-8-12(2)20(11)24-21(25)17-14(4)23-15(5)18(22(26)27)19(17)16-10-9-13(3)28-16/h6-10H,1-5H3,(H,24,25)(H,26,27). The number of aryl methyl sites for hydroxylation is 5. The molecule has 0 atom stereocenters. The summed E-state index contributed by atoms with van der Waals surface area (Å²) >= 11 is 0. The third kappa shape index (κ3) is 3.41. The number of carboxylic acids is 1. The molecule has 0 unspecified atom stereocenters. The lowest BCUT2D eigenvalue weighted by atomic mass is 9.95. The molecule has 0 aliphatic rings. The molecule has 0 radical (unpaired) electrons. The van der Waals surface area contributed by atoms with E-state index in [4.69, 9.17) is 4.42 Å². The second kappa shape index (κ2) is 7.31. The van der Waals surface area contributed by atoms with Crippen LogP contribution in [0.15, 0.2) is 34.7 Å². The number of aromatic nitrogens is 1. The number of pyridine rings is 1. The fourth-order valence-electron chi connectivity index (χ4n) is 3.39. The molecule has 6 nitrogen and oxygen atoms in total. The van der Waals surface area contributed by atoms with E-state index in [1.165, 1.54) is 0 Å². The molecule has 1 aromatic carbocycles. The van der Waals surface area contributed by atoms with E-state index < -0.39 is 11.9 Å². The average molecular weight is 378 g/mol. The molecule has 3 aromatic rings. The normalized spacial score (nSPS) is 10.8. The van der Waals surface area contributed by atoms with Crippen LogP contribution in [0.25, 0.3) is 11.3 Å². The number of hydrogen-bond donors (Lipinski definition) is 2. The van der Waals surface area contributed by atoms with Crippen LogP contribution in [0.1, 0.15) is 49.0 Å². The molecule has 0 fully saturated rings. The predicted octanol–water partition coefficient (Wildman–Crippen LogP) is 4.83. The van der Waals surface area contributed by atoms with Crippen LogP contribution in [0.3, 0.4) is 0 Å². The first-order valence-electron chi connectivity index (χ1n) is 8.89. The zero-order valence-corrected chi connectivity index (χ0v) is 16.5. The number of carbonyl (C=O) groups excluding carboxylic acids is 1. The molecule has 3 rings (SSSR count). The predicted molar refractivity (Wildman–Crippen MR) is 107 cm³/mol. The van der Waals surface area contributed by atoms with Gasteiger partial charge in [-0.2, -0.15) is 0 Å². The molecule has 0 saturated heterocycles. The topological polar surface area (TPSA) is 92.4 Å². The Morgan fingerprint density at radius 1 is 0.929 bits per heavy atom. The summed E-state index contributed by atoms with van der Waals surface area (Å²) in [7, 11) is 0. The van der Waals surface area contributed by atoms with Crippen LogP contribution >= 0.6 is 0 Å². The fourth-order valence-corrected chi connectivity index (χ4v) is 3.39. The van der Waals surface area contributed by atoms with Gasteiger partial charge in [0.15, 0.2) is 0 Å². The Morgan fingerprint density at radius 3 is 2.07 bits per heavy atom. The monoisotopic (exact) mass is 378 g/mol. The highest BCUT2D eigenvalue weighted by molar-refractivity contribution is 6.13. The van der Waals surface area contributed by atoms with Crippen molar-refractivity contribution in [2.24, 2.45) is 0 Å². The minimum Gasteiger partial charge on any atom is -0.478 e. The number of nitrogens with zero attached hydrogens (tertiary/aromatic N) is 1. The number of para-hydroxylation sites is 1. The second-order valence-corrected chi connectivity index (χ2v) is 6.84. The largest absolute Gasteiger partial charge is 0.478 e. The van der Waals surface area contributed by atoms with Crippen molar-refractivity contribution in [1.29, 1.82) is 0 Å². The molecular weight excluding hydrogens is 356 g/mol. The summed E-state index contributed by atoms with van der Waals surface area (Å²) in [6.07, 6.45) is 0. The lowest BCUT2D eigenvalue weighted by molar-refractivity contribution is 0.0696. The van der Waals surface area contributed by atoms with Crippen molar-refractivity contribution in [3.63, 3.8) is 0 Å². The zero-order valence-electron chi connectivity index (χ0n) is 16.5. The van der Waals surface area contributed by atoms with E-state index in [0.29, 0.717) is 28.6 Å². The number of carbonyl (C=O) groups is 2. The Bertz CT molecular complexity index is 1080. The third-order valence-corrected chi connectivity index (χ3v) is 4.71. The molecule has 1 amide bonds. The van der Waals surface area contributed by atoms with Crippen LogP contribution in [0.2, 0.25) is 0 Å². The first-order chi connectivity index (χ1) is 13.2. The summed E-state index contributed by atoms with van der Waals surface area (Å²) in [5.74, 6) is -0.626. The number of aromatic carboxylic acids is 1. The van der Waals surface area contributed by atoms with E-state index in [2.05, 4.69) is 10.3 Å². The minimum absolute atomic E-state index is 0.0356. The lowest BCUT2D eigenvalue weighted by Crippen LogP contribution is -2.20. The zero-order chi connectivity index (χ0) is 20.6. The number of carboxylic acid groups (broad SMARTS) is 1. The van der Waals surface area contributed by atoms with E-state index in [-0.39, 0.29) is 16.7 Å². The lowest BCUT2D eigenvalue weighted by Gasteiger charge is -2.17. The average Bonchev–Trinajstić information content (AvgIpc) is 3.03. The molecule has 28 heavy (non-hydrogen) atoms. The van der Waals surface area contributed by atoms with Crippen molar-refractivity contribution < 1.29 is 19.1 Å². The van der Waals surface area contributed by atoms with Gasteiger partial charge in [0.2, 0.25) is 0 Å².